The second-order valence-corrected chi connectivity index (χ2v) is 8.39. The molecular weight excluding hydrogens is 415 g/mol. The Morgan fingerprint density at radius 1 is 1.41 bits per heavy atom. The molecule has 1 aliphatic heterocycles. The van der Waals surface area contributed by atoms with Gasteiger partial charge in [0.05, 0.1) is 11.7 Å². The first-order valence-corrected chi connectivity index (χ1v) is 9.77. The van der Waals surface area contributed by atoms with Crippen LogP contribution in [0.4, 0.5) is 14.9 Å². The SMILES string of the molecule is CC(=O)N(CC=CC1CCCN1C(=O)OC(C)(C)C)c1cc(F)ccc1Br. The van der Waals surface area contributed by atoms with Gasteiger partial charge >= 0.3 is 6.09 Å². The highest BCUT2D eigenvalue weighted by molar-refractivity contribution is 9.10. The molecule has 0 saturated carbocycles. The van der Waals surface area contributed by atoms with Crippen molar-refractivity contribution in [3.05, 3.63) is 40.6 Å². The maximum absolute atomic E-state index is 13.6. The molecule has 0 aromatic heterocycles. The van der Waals surface area contributed by atoms with Gasteiger partial charge in [-0.1, -0.05) is 12.2 Å². The van der Waals surface area contributed by atoms with Gasteiger partial charge in [0.1, 0.15) is 11.4 Å². The number of rotatable bonds is 4. The summed E-state index contributed by atoms with van der Waals surface area (Å²) in [4.78, 5) is 27.6. The molecule has 2 rings (SSSR count). The first-order valence-electron chi connectivity index (χ1n) is 8.98. The Hall–Kier alpha value is -1.89. The van der Waals surface area contributed by atoms with Crippen molar-refractivity contribution >= 4 is 33.6 Å². The summed E-state index contributed by atoms with van der Waals surface area (Å²) in [6, 6.07) is 4.16. The van der Waals surface area contributed by atoms with Crippen LogP contribution in [0, 0.1) is 5.82 Å². The zero-order valence-corrected chi connectivity index (χ0v) is 17.8. The van der Waals surface area contributed by atoms with Gasteiger partial charge in [0.15, 0.2) is 0 Å². The lowest BCUT2D eigenvalue weighted by Crippen LogP contribution is -2.39. The Labute approximate surface area is 168 Å². The largest absolute Gasteiger partial charge is 0.444 e. The summed E-state index contributed by atoms with van der Waals surface area (Å²) in [6.45, 7) is 7.90. The molecule has 1 aromatic rings. The maximum atomic E-state index is 13.6. The van der Waals surface area contributed by atoms with Gasteiger partial charge in [-0.3, -0.25) is 4.79 Å². The van der Waals surface area contributed by atoms with E-state index in [2.05, 4.69) is 15.9 Å². The van der Waals surface area contributed by atoms with E-state index in [0.717, 1.165) is 12.8 Å². The van der Waals surface area contributed by atoms with E-state index in [1.807, 2.05) is 32.9 Å². The summed E-state index contributed by atoms with van der Waals surface area (Å²) in [5.41, 5.74) is -0.0641. The minimum atomic E-state index is -0.539. The quantitative estimate of drug-likeness (QED) is 0.625. The van der Waals surface area contributed by atoms with E-state index in [0.29, 0.717) is 16.7 Å². The van der Waals surface area contributed by atoms with Crippen molar-refractivity contribution in [3.63, 3.8) is 0 Å². The normalized spacial score (nSPS) is 17.4. The van der Waals surface area contributed by atoms with Crippen LogP contribution in [0.3, 0.4) is 0 Å². The maximum Gasteiger partial charge on any atom is 0.410 e. The van der Waals surface area contributed by atoms with Crippen LogP contribution in [0.2, 0.25) is 0 Å². The molecule has 1 heterocycles. The Morgan fingerprint density at radius 2 is 2.11 bits per heavy atom. The molecule has 0 radical (unpaired) electrons. The second-order valence-electron chi connectivity index (χ2n) is 7.54. The number of likely N-dealkylation sites (tertiary alicyclic amines) is 1. The molecule has 1 fully saturated rings. The van der Waals surface area contributed by atoms with E-state index >= 15 is 0 Å². The molecule has 1 aromatic carbocycles. The Balaban J connectivity index is 2.08. The third-order valence-corrected chi connectivity index (χ3v) is 4.82. The van der Waals surface area contributed by atoms with E-state index < -0.39 is 11.4 Å². The number of carbonyl (C=O) groups is 2. The highest BCUT2D eigenvalue weighted by Crippen LogP contribution is 2.27. The predicted molar refractivity (Wildman–Crippen MR) is 107 cm³/mol. The first-order chi connectivity index (χ1) is 12.6. The van der Waals surface area contributed by atoms with E-state index in [-0.39, 0.29) is 24.6 Å². The molecule has 0 N–H and O–H groups in total. The number of nitrogens with zero attached hydrogens (tertiary/aromatic N) is 2. The molecule has 27 heavy (non-hydrogen) atoms. The van der Waals surface area contributed by atoms with Gasteiger partial charge in [-0.15, -0.1) is 0 Å². The van der Waals surface area contributed by atoms with Crippen LogP contribution in [0.25, 0.3) is 0 Å². The van der Waals surface area contributed by atoms with Crippen molar-refractivity contribution in [2.24, 2.45) is 0 Å². The molecule has 0 bridgehead atoms. The van der Waals surface area contributed by atoms with Gasteiger partial charge in [-0.2, -0.15) is 0 Å². The number of halogens is 2. The summed E-state index contributed by atoms with van der Waals surface area (Å²) in [7, 11) is 0. The molecule has 148 valence electrons. The number of amides is 2. The topological polar surface area (TPSA) is 49.9 Å². The fourth-order valence-corrected chi connectivity index (χ4v) is 3.41. The molecule has 1 unspecified atom stereocenters. The molecule has 1 atom stereocenters. The summed E-state index contributed by atoms with van der Waals surface area (Å²) in [5, 5.41) is 0. The number of benzene rings is 1. The lowest BCUT2D eigenvalue weighted by molar-refractivity contribution is -0.116. The fraction of sp³-hybridized carbons (Fsp3) is 0.500. The Bertz CT molecular complexity index is 730. The smallest absolute Gasteiger partial charge is 0.410 e. The number of anilines is 1. The van der Waals surface area contributed by atoms with Gasteiger partial charge in [-0.05, 0) is 67.7 Å². The minimum Gasteiger partial charge on any atom is -0.444 e. The first kappa shape index (κ1) is 21.4. The summed E-state index contributed by atoms with van der Waals surface area (Å²) >= 11 is 3.36. The van der Waals surface area contributed by atoms with E-state index in [1.165, 1.54) is 24.0 Å². The molecule has 1 aliphatic rings. The standard InChI is InChI=1S/C20H26BrFN2O3/c1-14(25)23(18-13-15(22)9-10-17(18)21)11-5-7-16-8-6-12-24(16)19(26)27-20(2,3)4/h5,7,9-10,13,16H,6,8,11-12H2,1-4H3. The predicted octanol–water partition coefficient (Wildman–Crippen LogP) is 4.90. The number of carbonyl (C=O) groups excluding carboxylic acids is 2. The van der Waals surface area contributed by atoms with Crippen molar-refractivity contribution < 1.29 is 18.7 Å². The third kappa shape index (κ3) is 6.06. The molecule has 1 saturated heterocycles. The van der Waals surface area contributed by atoms with Gasteiger partial charge < -0.3 is 14.5 Å². The summed E-state index contributed by atoms with van der Waals surface area (Å²) in [6.07, 6.45) is 5.18. The van der Waals surface area contributed by atoms with Crippen LogP contribution < -0.4 is 4.90 Å². The van der Waals surface area contributed by atoms with Crippen LogP contribution in [0.15, 0.2) is 34.8 Å². The van der Waals surface area contributed by atoms with Crippen molar-refractivity contribution in [1.82, 2.24) is 4.90 Å². The lowest BCUT2D eigenvalue weighted by atomic mass is 10.2. The number of ether oxygens (including phenoxy) is 1. The van der Waals surface area contributed by atoms with Crippen LogP contribution in [-0.4, -0.2) is 41.6 Å². The van der Waals surface area contributed by atoms with E-state index in [9.17, 15) is 14.0 Å². The van der Waals surface area contributed by atoms with Crippen LogP contribution in [0.1, 0.15) is 40.5 Å². The minimum absolute atomic E-state index is 0.0652. The number of hydrogen-bond donors (Lipinski definition) is 0. The van der Waals surface area contributed by atoms with E-state index in [1.54, 1.807) is 11.0 Å². The monoisotopic (exact) mass is 440 g/mol. The highest BCUT2D eigenvalue weighted by atomic mass is 79.9. The lowest BCUT2D eigenvalue weighted by Gasteiger charge is -2.27. The molecular formula is C20H26BrFN2O3. The Kier molecular flexibility index (Phi) is 7.03. The van der Waals surface area contributed by atoms with Crippen molar-refractivity contribution in [2.75, 3.05) is 18.0 Å². The second kappa shape index (κ2) is 8.87. The van der Waals surface area contributed by atoms with E-state index in [4.69, 9.17) is 4.74 Å². The zero-order chi connectivity index (χ0) is 20.2. The van der Waals surface area contributed by atoms with Gasteiger partial charge in [-0.25, -0.2) is 9.18 Å². The molecule has 7 heteroatoms. The van der Waals surface area contributed by atoms with Crippen LogP contribution in [-0.2, 0) is 9.53 Å². The molecule has 5 nitrogen and oxygen atoms in total. The summed E-state index contributed by atoms with van der Waals surface area (Å²) < 4.78 is 19.7. The molecule has 0 spiro atoms. The third-order valence-electron chi connectivity index (χ3n) is 4.15. The van der Waals surface area contributed by atoms with Crippen molar-refractivity contribution in [3.8, 4) is 0 Å². The average Bonchev–Trinajstić information content (AvgIpc) is 3.01. The van der Waals surface area contributed by atoms with Gasteiger partial charge in [0.25, 0.3) is 0 Å². The van der Waals surface area contributed by atoms with Crippen molar-refractivity contribution in [2.45, 2.75) is 52.2 Å². The summed E-state index contributed by atoms with van der Waals surface area (Å²) in [5.74, 6) is -0.600. The van der Waals surface area contributed by atoms with Crippen LogP contribution in [0.5, 0.6) is 0 Å². The van der Waals surface area contributed by atoms with Gasteiger partial charge in [0, 0.05) is 24.5 Å². The highest BCUT2D eigenvalue weighted by Gasteiger charge is 2.30. The van der Waals surface area contributed by atoms with Gasteiger partial charge in [0.2, 0.25) is 5.91 Å². The van der Waals surface area contributed by atoms with Crippen molar-refractivity contribution in [1.29, 1.82) is 0 Å². The van der Waals surface area contributed by atoms with Crippen LogP contribution >= 0.6 is 15.9 Å². The Morgan fingerprint density at radius 3 is 2.74 bits per heavy atom. The zero-order valence-electron chi connectivity index (χ0n) is 16.2. The average molecular weight is 441 g/mol. The molecule has 0 aliphatic carbocycles. The fourth-order valence-electron chi connectivity index (χ4n) is 2.95. The number of hydrogen-bond acceptors (Lipinski definition) is 3. The molecule has 2 amide bonds.